The van der Waals surface area contributed by atoms with Crippen molar-refractivity contribution in [2.45, 2.75) is 44.0 Å². The molecule has 2 unspecified atom stereocenters. The summed E-state index contributed by atoms with van der Waals surface area (Å²) in [5.41, 5.74) is 3.27. The molecule has 1 N–H and O–H groups in total. The summed E-state index contributed by atoms with van der Waals surface area (Å²) in [4.78, 5) is 4.53. The maximum atomic E-state index is 4.53. The zero-order valence-electron chi connectivity index (χ0n) is 12.4. The molecule has 2 aromatic heterocycles. The summed E-state index contributed by atoms with van der Waals surface area (Å²) in [5, 5.41) is 10.1. The van der Waals surface area contributed by atoms with Crippen LogP contribution in [0.3, 0.4) is 0 Å². The highest BCUT2D eigenvalue weighted by Crippen LogP contribution is 2.28. The van der Waals surface area contributed by atoms with Gasteiger partial charge in [-0.15, -0.1) is 0 Å². The number of thioether (sulfide) groups is 1. The molecule has 4 nitrogen and oxygen atoms in total. The van der Waals surface area contributed by atoms with E-state index in [4.69, 9.17) is 0 Å². The molecule has 1 fully saturated rings. The fourth-order valence-electron chi connectivity index (χ4n) is 3.05. The molecule has 20 heavy (non-hydrogen) atoms. The van der Waals surface area contributed by atoms with Crippen molar-refractivity contribution in [1.82, 2.24) is 20.1 Å². The fourth-order valence-corrected chi connectivity index (χ4v) is 3.85. The van der Waals surface area contributed by atoms with E-state index >= 15 is 0 Å². The lowest BCUT2D eigenvalue weighted by molar-refractivity contribution is 0.525. The Kier molecular flexibility index (Phi) is 3.98. The standard InChI is InChI=1S/C15H22N4S/c1-10-14-6-11(9-17-15(14)19(2)18-10)8-16-12-4-5-13(7-12)20-3/h6,9,12-13,16H,4-5,7-8H2,1-3H3. The molecule has 1 saturated carbocycles. The Morgan fingerprint density at radius 1 is 1.45 bits per heavy atom. The van der Waals surface area contributed by atoms with E-state index in [1.54, 1.807) is 0 Å². The smallest absolute Gasteiger partial charge is 0.157 e. The van der Waals surface area contributed by atoms with Crippen LogP contribution in [-0.4, -0.2) is 32.3 Å². The predicted molar refractivity (Wildman–Crippen MR) is 85.0 cm³/mol. The summed E-state index contributed by atoms with van der Waals surface area (Å²) < 4.78 is 1.85. The number of hydrogen-bond donors (Lipinski definition) is 1. The quantitative estimate of drug-likeness (QED) is 0.940. The van der Waals surface area contributed by atoms with Gasteiger partial charge in [-0.25, -0.2) is 4.98 Å². The lowest BCUT2D eigenvalue weighted by atomic mass is 10.2. The van der Waals surface area contributed by atoms with Gasteiger partial charge in [-0.05, 0) is 44.1 Å². The molecule has 2 heterocycles. The van der Waals surface area contributed by atoms with E-state index in [-0.39, 0.29) is 0 Å². The average Bonchev–Trinajstić information content (AvgIpc) is 3.02. The zero-order valence-corrected chi connectivity index (χ0v) is 13.2. The first-order chi connectivity index (χ1) is 9.67. The van der Waals surface area contributed by atoms with Crippen LogP contribution in [0.15, 0.2) is 12.3 Å². The highest BCUT2D eigenvalue weighted by atomic mass is 32.2. The van der Waals surface area contributed by atoms with Crippen LogP contribution in [0.2, 0.25) is 0 Å². The van der Waals surface area contributed by atoms with Crippen molar-refractivity contribution in [3.63, 3.8) is 0 Å². The molecule has 2 atom stereocenters. The molecule has 0 spiro atoms. The summed E-state index contributed by atoms with van der Waals surface area (Å²) >= 11 is 2.00. The van der Waals surface area contributed by atoms with Crippen molar-refractivity contribution in [2.24, 2.45) is 7.05 Å². The van der Waals surface area contributed by atoms with E-state index in [1.807, 2.05) is 36.6 Å². The number of nitrogens with zero attached hydrogens (tertiary/aromatic N) is 3. The molecule has 0 saturated heterocycles. The normalized spacial score (nSPS) is 22.8. The van der Waals surface area contributed by atoms with Gasteiger partial charge in [0.25, 0.3) is 0 Å². The summed E-state index contributed by atoms with van der Waals surface area (Å²) in [5.74, 6) is 0. The molecule has 0 aromatic carbocycles. The third kappa shape index (κ3) is 2.69. The number of aromatic nitrogens is 3. The van der Waals surface area contributed by atoms with Gasteiger partial charge in [-0.3, -0.25) is 4.68 Å². The zero-order chi connectivity index (χ0) is 14.1. The van der Waals surface area contributed by atoms with Crippen LogP contribution in [0.25, 0.3) is 11.0 Å². The van der Waals surface area contributed by atoms with Gasteiger partial charge in [0.15, 0.2) is 5.65 Å². The maximum Gasteiger partial charge on any atom is 0.157 e. The average molecular weight is 290 g/mol. The Labute approximate surface area is 124 Å². The van der Waals surface area contributed by atoms with Crippen LogP contribution in [0.5, 0.6) is 0 Å². The Morgan fingerprint density at radius 2 is 2.30 bits per heavy atom. The van der Waals surface area contributed by atoms with E-state index in [2.05, 4.69) is 27.7 Å². The van der Waals surface area contributed by atoms with Crippen LogP contribution in [-0.2, 0) is 13.6 Å². The highest BCUT2D eigenvalue weighted by Gasteiger charge is 2.23. The van der Waals surface area contributed by atoms with Crippen molar-refractivity contribution >= 4 is 22.8 Å². The maximum absolute atomic E-state index is 4.53. The molecule has 108 valence electrons. The molecule has 0 bridgehead atoms. The fraction of sp³-hybridized carbons (Fsp3) is 0.600. The van der Waals surface area contributed by atoms with Crippen LogP contribution in [0.1, 0.15) is 30.5 Å². The second-order valence-electron chi connectivity index (χ2n) is 5.67. The number of hydrogen-bond acceptors (Lipinski definition) is 4. The van der Waals surface area contributed by atoms with Crippen LogP contribution in [0, 0.1) is 6.92 Å². The molecular formula is C15H22N4S. The molecule has 5 heteroatoms. The molecule has 3 rings (SSSR count). The largest absolute Gasteiger partial charge is 0.310 e. The van der Waals surface area contributed by atoms with Gasteiger partial charge in [0.2, 0.25) is 0 Å². The minimum Gasteiger partial charge on any atom is -0.310 e. The lowest BCUT2D eigenvalue weighted by Gasteiger charge is -2.12. The predicted octanol–water partition coefficient (Wildman–Crippen LogP) is 2.65. The van der Waals surface area contributed by atoms with Crippen LogP contribution >= 0.6 is 11.8 Å². The second-order valence-corrected chi connectivity index (χ2v) is 6.81. The van der Waals surface area contributed by atoms with E-state index < -0.39 is 0 Å². The number of rotatable bonds is 4. The minimum absolute atomic E-state index is 0.665. The molecule has 0 amide bonds. The van der Waals surface area contributed by atoms with Gasteiger partial charge in [0, 0.05) is 36.5 Å². The van der Waals surface area contributed by atoms with E-state index in [9.17, 15) is 0 Å². The number of fused-ring (bicyclic) bond motifs is 1. The third-order valence-corrected chi connectivity index (χ3v) is 5.33. The lowest BCUT2D eigenvalue weighted by Crippen LogP contribution is -2.26. The Balaban J connectivity index is 1.67. The van der Waals surface area contributed by atoms with E-state index in [1.165, 1.54) is 30.2 Å². The van der Waals surface area contributed by atoms with Gasteiger partial charge in [0.05, 0.1) is 5.69 Å². The Bertz CT molecular complexity index is 607. The molecule has 1 aliphatic rings. The highest BCUT2D eigenvalue weighted by molar-refractivity contribution is 7.99. The monoisotopic (exact) mass is 290 g/mol. The van der Waals surface area contributed by atoms with Crippen molar-refractivity contribution in [3.05, 3.63) is 23.5 Å². The van der Waals surface area contributed by atoms with Gasteiger partial charge in [0.1, 0.15) is 0 Å². The summed E-state index contributed by atoms with van der Waals surface area (Å²) in [6, 6.07) is 2.89. The topological polar surface area (TPSA) is 42.7 Å². The summed E-state index contributed by atoms with van der Waals surface area (Å²) in [7, 11) is 1.95. The van der Waals surface area contributed by atoms with Crippen molar-refractivity contribution in [2.75, 3.05) is 6.26 Å². The Hall–Kier alpha value is -1.07. The van der Waals surface area contributed by atoms with Crippen LogP contribution in [0.4, 0.5) is 0 Å². The molecule has 0 radical (unpaired) electrons. The van der Waals surface area contributed by atoms with E-state index in [0.29, 0.717) is 6.04 Å². The van der Waals surface area contributed by atoms with Gasteiger partial charge < -0.3 is 5.32 Å². The minimum atomic E-state index is 0.665. The first-order valence-electron chi connectivity index (χ1n) is 7.21. The first kappa shape index (κ1) is 13.9. The molecule has 1 aliphatic carbocycles. The first-order valence-corrected chi connectivity index (χ1v) is 8.50. The van der Waals surface area contributed by atoms with Crippen LogP contribution < -0.4 is 5.32 Å². The van der Waals surface area contributed by atoms with Gasteiger partial charge in [-0.2, -0.15) is 16.9 Å². The molecule has 2 aromatic rings. The summed E-state index contributed by atoms with van der Waals surface area (Å²) in [6.07, 6.45) is 8.13. The third-order valence-electron chi connectivity index (χ3n) is 4.23. The SMILES string of the molecule is CSC1CCC(NCc2cnc3c(c2)c(C)nn3C)C1. The Morgan fingerprint density at radius 3 is 3.05 bits per heavy atom. The number of pyridine rings is 1. The van der Waals surface area contributed by atoms with Crippen molar-refractivity contribution < 1.29 is 0 Å². The number of aryl methyl sites for hydroxylation is 2. The van der Waals surface area contributed by atoms with E-state index in [0.717, 1.165) is 23.1 Å². The van der Waals surface area contributed by atoms with Crippen molar-refractivity contribution in [1.29, 1.82) is 0 Å². The van der Waals surface area contributed by atoms with Gasteiger partial charge in [-0.1, -0.05) is 0 Å². The van der Waals surface area contributed by atoms with Crippen molar-refractivity contribution in [3.8, 4) is 0 Å². The molecular weight excluding hydrogens is 268 g/mol. The second kappa shape index (κ2) is 5.74. The van der Waals surface area contributed by atoms with Gasteiger partial charge >= 0.3 is 0 Å². The molecule has 0 aliphatic heterocycles. The summed E-state index contributed by atoms with van der Waals surface area (Å²) in [6.45, 7) is 2.95. The number of nitrogens with one attached hydrogen (secondary N) is 1.